The van der Waals surface area contributed by atoms with Crippen LogP contribution in [0.2, 0.25) is 0 Å². The third-order valence-electron chi connectivity index (χ3n) is 3.80. The van der Waals surface area contributed by atoms with Crippen LogP contribution in [-0.2, 0) is 16.1 Å². The van der Waals surface area contributed by atoms with Crippen LogP contribution in [0, 0.1) is 0 Å². The lowest BCUT2D eigenvalue weighted by Crippen LogP contribution is -2.24. The zero-order valence-corrected chi connectivity index (χ0v) is 16.1. The molecule has 1 aromatic carbocycles. The van der Waals surface area contributed by atoms with Gasteiger partial charge in [0.2, 0.25) is 0 Å². The second-order valence-corrected chi connectivity index (χ2v) is 7.92. The number of ether oxygens (including phenoxy) is 1. The number of methoxy groups -OCH3 is 1. The van der Waals surface area contributed by atoms with E-state index in [2.05, 4.69) is 11.6 Å². The quantitative estimate of drug-likeness (QED) is 0.278. The second kappa shape index (κ2) is 7.88. The zero-order chi connectivity index (χ0) is 18.7. The van der Waals surface area contributed by atoms with Crippen molar-refractivity contribution in [2.75, 3.05) is 7.11 Å². The summed E-state index contributed by atoms with van der Waals surface area (Å²) >= 11 is 2.68. The average molecular weight is 386 g/mol. The Morgan fingerprint density at radius 1 is 1.42 bits per heavy atom. The van der Waals surface area contributed by atoms with E-state index >= 15 is 0 Å². The lowest BCUT2D eigenvalue weighted by atomic mass is 10.2. The molecule has 0 unspecified atom stereocenters. The minimum absolute atomic E-state index is 0.132. The second-order valence-electron chi connectivity index (χ2n) is 5.58. The number of nitrogens with zero attached hydrogens (tertiary/aromatic N) is 2. The number of allylic oxidation sites excluding steroid dienone is 1. The molecule has 5 nitrogen and oxygen atoms in total. The summed E-state index contributed by atoms with van der Waals surface area (Å²) in [6.45, 7) is 5.77. The third-order valence-corrected chi connectivity index (χ3v) is 5.95. The summed E-state index contributed by atoms with van der Waals surface area (Å²) in [5, 5.41) is 0.599. The molecule has 0 fully saturated rings. The van der Waals surface area contributed by atoms with Crippen molar-refractivity contribution in [3.8, 4) is 10.4 Å². The molecule has 0 aliphatic carbocycles. The first-order valence-electron chi connectivity index (χ1n) is 8.00. The van der Waals surface area contributed by atoms with E-state index in [4.69, 9.17) is 4.74 Å². The number of carbonyl (C=O) groups excluding carboxylic acids is 1. The minimum atomic E-state index is -0.464. The van der Waals surface area contributed by atoms with Gasteiger partial charge in [0.15, 0.2) is 5.16 Å². The highest BCUT2D eigenvalue weighted by Crippen LogP contribution is 2.32. The van der Waals surface area contributed by atoms with E-state index in [1.54, 1.807) is 17.6 Å². The van der Waals surface area contributed by atoms with E-state index in [0.717, 1.165) is 10.4 Å². The Morgan fingerprint density at radius 3 is 2.81 bits per heavy atom. The number of benzene rings is 1. The molecule has 3 aromatic rings. The van der Waals surface area contributed by atoms with Crippen LogP contribution < -0.4 is 5.56 Å². The number of hydrogen-bond donors (Lipinski definition) is 0. The van der Waals surface area contributed by atoms with Gasteiger partial charge in [-0.15, -0.1) is 17.9 Å². The normalized spacial score (nSPS) is 12.1. The fourth-order valence-electron chi connectivity index (χ4n) is 2.49. The zero-order valence-electron chi connectivity index (χ0n) is 14.5. The van der Waals surface area contributed by atoms with Gasteiger partial charge in [-0.1, -0.05) is 48.2 Å². The molecule has 0 N–H and O–H groups in total. The lowest BCUT2D eigenvalue weighted by Gasteiger charge is -2.13. The first-order valence-corrected chi connectivity index (χ1v) is 9.70. The number of esters is 1. The molecule has 0 saturated heterocycles. The third kappa shape index (κ3) is 3.59. The van der Waals surface area contributed by atoms with E-state index in [1.807, 2.05) is 36.4 Å². The van der Waals surface area contributed by atoms with Crippen molar-refractivity contribution in [3.05, 3.63) is 59.4 Å². The van der Waals surface area contributed by atoms with Crippen LogP contribution in [0.5, 0.6) is 0 Å². The summed E-state index contributed by atoms with van der Waals surface area (Å²) in [6.07, 6.45) is 1.65. The number of hydrogen-bond acceptors (Lipinski definition) is 6. The highest BCUT2D eigenvalue weighted by atomic mass is 32.2. The van der Waals surface area contributed by atoms with Crippen molar-refractivity contribution in [3.63, 3.8) is 0 Å². The van der Waals surface area contributed by atoms with Crippen molar-refractivity contribution in [1.29, 1.82) is 0 Å². The Morgan fingerprint density at radius 2 is 2.15 bits per heavy atom. The summed E-state index contributed by atoms with van der Waals surface area (Å²) in [4.78, 5) is 31.0. The van der Waals surface area contributed by atoms with Gasteiger partial charge in [0, 0.05) is 11.4 Å². The van der Waals surface area contributed by atoms with Crippen LogP contribution in [0.3, 0.4) is 0 Å². The molecule has 26 heavy (non-hydrogen) atoms. The van der Waals surface area contributed by atoms with Crippen molar-refractivity contribution in [2.45, 2.75) is 23.9 Å². The van der Waals surface area contributed by atoms with Gasteiger partial charge in [0.05, 0.1) is 12.5 Å². The molecule has 0 aliphatic heterocycles. The van der Waals surface area contributed by atoms with Gasteiger partial charge in [-0.3, -0.25) is 14.2 Å². The van der Waals surface area contributed by atoms with Crippen molar-refractivity contribution in [1.82, 2.24) is 9.55 Å². The van der Waals surface area contributed by atoms with Crippen LogP contribution in [0.25, 0.3) is 20.7 Å². The first kappa shape index (κ1) is 18.4. The molecule has 0 bridgehead atoms. The molecule has 134 valence electrons. The number of rotatable bonds is 6. The summed E-state index contributed by atoms with van der Waals surface area (Å²) in [5.41, 5.74) is 0.912. The molecule has 0 saturated carbocycles. The van der Waals surface area contributed by atoms with Gasteiger partial charge in [-0.2, -0.15) is 0 Å². The van der Waals surface area contributed by atoms with Crippen LogP contribution >= 0.6 is 23.1 Å². The maximum atomic E-state index is 13.0. The maximum Gasteiger partial charge on any atom is 0.318 e. The van der Waals surface area contributed by atoms with Crippen molar-refractivity contribution in [2.24, 2.45) is 0 Å². The van der Waals surface area contributed by atoms with E-state index in [0.29, 0.717) is 21.9 Å². The Bertz CT molecular complexity index is 1010. The number of carbonyl (C=O) groups is 1. The predicted molar refractivity (Wildman–Crippen MR) is 107 cm³/mol. The molecular formula is C19H18N2O3S2. The van der Waals surface area contributed by atoms with Crippen molar-refractivity contribution >= 4 is 39.3 Å². The molecule has 2 aromatic heterocycles. The maximum absolute atomic E-state index is 13.0. The molecular weight excluding hydrogens is 368 g/mol. The van der Waals surface area contributed by atoms with Gasteiger partial charge in [-0.05, 0) is 18.6 Å². The Hall–Kier alpha value is -2.38. The molecule has 0 aliphatic rings. The van der Waals surface area contributed by atoms with Crippen molar-refractivity contribution < 1.29 is 9.53 Å². The predicted octanol–water partition coefficient (Wildman–Crippen LogP) is 3.96. The molecule has 2 heterocycles. The van der Waals surface area contributed by atoms with Gasteiger partial charge in [0.1, 0.15) is 10.1 Å². The average Bonchev–Trinajstić information content (AvgIpc) is 3.09. The topological polar surface area (TPSA) is 61.2 Å². The van der Waals surface area contributed by atoms with Crippen LogP contribution in [0.15, 0.2) is 59.0 Å². The smallest absolute Gasteiger partial charge is 0.318 e. The monoisotopic (exact) mass is 386 g/mol. The minimum Gasteiger partial charge on any atom is -0.468 e. The summed E-state index contributed by atoms with van der Waals surface area (Å²) < 4.78 is 6.31. The Balaban J connectivity index is 2.12. The van der Waals surface area contributed by atoms with Gasteiger partial charge in [0.25, 0.3) is 5.56 Å². The number of thiophene rings is 1. The van der Waals surface area contributed by atoms with Crippen LogP contribution in [0.4, 0.5) is 0 Å². The van der Waals surface area contributed by atoms with Gasteiger partial charge >= 0.3 is 5.97 Å². The highest BCUT2D eigenvalue weighted by Gasteiger charge is 2.20. The number of fused-ring (bicyclic) bond motifs is 1. The first-order chi connectivity index (χ1) is 12.5. The van der Waals surface area contributed by atoms with E-state index in [9.17, 15) is 9.59 Å². The largest absolute Gasteiger partial charge is 0.468 e. The van der Waals surface area contributed by atoms with E-state index in [1.165, 1.54) is 30.2 Å². The van der Waals surface area contributed by atoms with Gasteiger partial charge in [-0.25, -0.2) is 4.98 Å². The SMILES string of the molecule is C=CCn1c(S[C@@H](C)C(=O)OC)nc2sc(-c3ccccc3)cc2c1=O. The fourth-order valence-corrected chi connectivity index (χ4v) is 4.52. The molecule has 0 radical (unpaired) electrons. The molecule has 0 spiro atoms. The molecule has 1 atom stereocenters. The van der Waals surface area contributed by atoms with E-state index in [-0.39, 0.29) is 11.5 Å². The lowest BCUT2D eigenvalue weighted by molar-refractivity contribution is -0.139. The van der Waals surface area contributed by atoms with E-state index < -0.39 is 5.25 Å². The summed E-state index contributed by atoms with van der Waals surface area (Å²) in [7, 11) is 1.35. The summed E-state index contributed by atoms with van der Waals surface area (Å²) in [6, 6.07) is 11.8. The van der Waals surface area contributed by atoms with Crippen LogP contribution in [0.1, 0.15) is 6.92 Å². The highest BCUT2D eigenvalue weighted by molar-refractivity contribution is 8.00. The molecule has 7 heteroatoms. The number of thioether (sulfide) groups is 1. The molecule has 0 amide bonds. The van der Waals surface area contributed by atoms with Gasteiger partial charge < -0.3 is 4.74 Å². The molecule has 3 rings (SSSR count). The standard InChI is InChI=1S/C19H18N2O3S2/c1-4-10-21-17(22)14-11-15(13-8-6-5-7-9-13)26-16(14)20-19(21)25-12(2)18(23)24-3/h4-9,11-12H,1,10H2,2-3H3/t12-/m0/s1. The fraction of sp³-hybridized carbons (Fsp3) is 0.211. The van der Waals surface area contributed by atoms with Crippen LogP contribution in [-0.4, -0.2) is 27.9 Å². The number of aromatic nitrogens is 2. The summed E-state index contributed by atoms with van der Waals surface area (Å²) in [5.74, 6) is -0.356. The Labute approximate surface area is 159 Å². The Kier molecular flexibility index (Phi) is 5.58.